The van der Waals surface area contributed by atoms with Gasteiger partial charge in [0.05, 0.1) is 13.5 Å². The monoisotopic (exact) mass is 441 g/mol. The number of carbonyl (C=O) groups excluding carboxylic acids is 4. The van der Waals surface area contributed by atoms with Crippen LogP contribution in [0.4, 0.5) is 4.39 Å². The van der Waals surface area contributed by atoms with Gasteiger partial charge in [0.15, 0.2) is 0 Å². The second-order valence-corrected chi connectivity index (χ2v) is 7.49. The largest absolute Gasteiger partial charge is 0.467 e. The SMILES string of the molecule is COC(=O)[C@H](Cc1ccc(F)cc1)NC(=O)C[C@@H]1NC(=O)[C@H](Cc2ccccc2)NC1=O. The van der Waals surface area contributed by atoms with Gasteiger partial charge < -0.3 is 20.7 Å². The Balaban J connectivity index is 1.57. The van der Waals surface area contributed by atoms with Crippen LogP contribution in [0.2, 0.25) is 0 Å². The summed E-state index contributed by atoms with van der Waals surface area (Å²) in [7, 11) is 1.19. The van der Waals surface area contributed by atoms with Crippen molar-refractivity contribution in [3.05, 3.63) is 71.5 Å². The number of rotatable bonds is 8. The molecule has 1 saturated heterocycles. The average Bonchev–Trinajstić information content (AvgIpc) is 2.78. The molecule has 0 saturated carbocycles. The molecule has 0 spiro atoms. The molecule has 0 aromatic heterocycles. The Bertz CT molecular complexity index is 981. The van der Waals surface area contributed by atoms with E-state index in [0.717, 1.165) is 5.56 Å². The van der Waals surface area contributed by atoms with E-state index in [1.165, 1.54) is 31.4 Å². The zero-order valence-corrected chi connectivity index (χ0v) is 17.5. The summed E-state index contributed by atoms with van der Waals surface area (Å²) in [6.45, 7) is 0. The number of benzene rings is 2. The summed E-state index contributed by atoms with van der Waals surface area (Å²) in [5, 5.41) is 7.74. The number of hydrogen-bond acceptors (Lipinski definition) is 5. The third kappa shape index (κ3) is 6.13. The fraction of sp³-hybridized carbons (Fsp3) is 0.304. The van der Waals surface area contributed by atoms with Gasteiger partial charge in [-0.15, -0.1) is 0 Å². The van der Waals surface area contributed by atoms with Crippen LogP contribution in [0.3, 0.4) is 0 Å². The Morgan fingerprint density at radius 2 is 1.59 bits per heavy atom. The maximum Gasteiger partial charge on any atom is 0.328 e. The highest BCUT2D eigenvalue weighted by Gasteiger charge is 2.35. The Hall–Kier alpha value is -3.75. The van der Waals surface area contributed by atoms with Crippen LogP contribution < -0.4 is 16.0 Å². The van der Waals surface area contributed by atoms with Crippen LogP contribution in [-0.2, 0) is 36.8 Å². The average molecular weight is 441 g/mol. The van der Waals surface area contributed by atoms with Crippen molar-refractivity contribution in [1.29, 1.82) is 0 Å². The normalized spacial score (nSPS) is 18.8. The third-order valence-corrected chi connectivity index (χ3v) is 5.11. The molecule has 8 nitrogen and oxygen atoms in total. The smallest absolute Gasteiger partial charge is 0.328 e. The van der Waals surface area contributed by atoms with Gasteiger partial charge in [-0.3, -0.25) is 14.4 Å². The molecule has 2 aromatic rings. The van der Waals surface area contributed by atoms with Crippen molar-refractivity contribution in [1.82, 2.24) is 16.0 Å². The number of amides is 3. The topological polar surface area (TPSA) is 114 Å². The third-order valence-electron chi connectivity index (χ3n) is 5.11. The molecule has 3 amide bonds. The minimum Gasteiger partial charge on any atom is -0.467 e. The summed E-state index contributed by atoms with van der Waals surface area (Å²) in [6, 6.07) is 11.9. The van der Waals surface area contributed by atoms with Gasteiger partial charge >= 0.3 is 5.97 Å². The first-order valence-corrected chi connectivity index (χ1v) is 10.1. The predicted octanol–water partition coefficient (Wildman–Crippen LogP) is 0.642. The molecule has 32 heavy (non-hydrogen) atoms. The predicted molar refractivity (Wildman–Crippen MR) is 113 cm³/mol. The second kappa shape index (κ2) is 10.5. The van der Waals surface area contributed by atoms with E-state index in [1.807, 2.05) is 30.3 Å². The first-order chi connectivity index (χ1) is 15.4. The van der Waals surface area contributed by atoms with E-state index in [1.54, 1.807) is 0 Å². The number of piperazine rings is 1. The van der Waals surface area contributed by atoms with Gasteiger partial charge in [0.25, 0.3) is 0 Å². The second-order valence-electron chi connectivity index (χ2n) is 7.49. The van der Waals surface area contributed by atoms with E-state index < -0.39 is 41.7 Å². The summed E-state index contributed by atoms with van der Waals surface area (Å²) >= 11 is 0. The molecule has 0 radical (unpaired) electrons. The first-order valence-electron chi connectivity index (χ1n) is 10.1. The summed E-state index contributed by atoms with van der Waals surface area (Å²) in [5.41, 5.74) is 1.51. The van der Waals surface area contributed by atoms with E-state index in [9.17, 15) is 23.6 Å². The summed E-state index contributed by atoms with van der Waals surface area (Å²) in [4.78, 5) is 49.4. The van der Waals surface area contributed by atoms with E-state index >= 15 is 0 Å². The fourth-order valence-corrected chi connectivity index (χ4v) is 3.44. The van der Waals surface area contributed by atoms with Gasteiger partial charge in [-0.1, -0.05) is 42.5 Å². The van der Waals surface area contributed by atoms with Crippen LogP contribution in [0.5, 0.6) is 0 Å². The molecule has 3 atom stereocenters. The zero-order chi connectivity index (χ0) is 23.1. The summed E-state index contributed by atoms with van der Waals surface area (Å²) in [5.74, 6) is -2.57. The molecule has 1 fully saturated rings. The number of ether oxygens (including phenoxy) is 1. The maximum atomic E-state index is 13.1. The molecule has 1 aliphatic rings. The van der Waals surface area contributed by atoms with Crippen LogP contribution in [0.25, 0.3) is 0 Å². The van der Waals surface area contributed by atoms with Crippen LogP contribution in [-0.4, -0.2) is 48.9 Å². The number of halogens is 1. The molecular weight excluding hydrogens is 417 g/mol. The maximum absolute atomic E-state index is 13.1. The van der Waals surface area contributed by atoms with Crippen molar-refractivity contribution in [2.24, 2.45) is 0 Å². The van der Waals surface area contributed by atoms with Gasteiger partial charge in [0.1, 0.15) is 23.9 Å². The van der Waals surface area contributed by atoms with E-state index in [2.05, 4.69) is 16.0 Å². The van der Waals surface area contributed by atoms with Crippen LogP contribution >= 0.6 is 0 Å². The number of nitrogens with one attached hydrogen (secondary N) is 3. The van der Waals surface area contributed by atoms with Gasteiger partial charge in [-0.2, -0.15) is 0 Å². The minimum atomic E-state index is -1.06. The van der Waals surface area contributed by atoms with Crippen molar-refractivity contribution in [3.63, 3.8) is 0 Å². The van der Waals surface area contributed by atoms with Crippen molar-refractivity contribution >= 4 is 23.7 Å². The standard InChI is InChI=1S/C23H24FN3O5/c1-32-23(31)19(12-15-7-9-16(24)10-8-15)25-20(28)13-18-22(30)26-17(21(29)27-18)11-14-5-3-2-4-6-14/h2-10,17-19H,11-13H2,1H3,(H,25,28)(H,26,30)(H,27,29)/t17-,18-,19-/m0/s1. The Morgan fingerprint density at radius 1 is 0.969 bits per heavy atom. The van der Waals surface area contributed by atoms with Crippen LogP contribution in [0, 0.1) is 5.82 Å². The molecule has 0 bridgehead atoms. The molecule has 1 aliphatic heterocycles. The fourth-order valence-electron chi connectivity index (χ4n) is 3.44. The molecule has 168 valence electrons. The molecule has 2 aromatic carbocycles. The molecule has 9 heteroatoms. The lowest BCUT2D eigenvalue weighted by Gasteiger charge is -2.29. The van der Waals surface area contributed by atoms with Crippen molar-refractivity contribution in [2.75, 3.05) is 7.11 Å². The zero-order valence-electron chi connectivity index (χ0n) is 17.5. The molecule has 3 rings (SSSR count). The minimum absolute atomic E-state index is 0.0844. The van der Waals surface area contributed by atoms with Crippen molar-refractivity contribution in [3.8, 4) is 0 Å². The first kappa shape index (κ1) is 22.9. The summed E-state index contributed by atoms with van der Waals surface area (Å²) < 4.78 is 17.8. The van der Waals surface area contributed by atoms with Gasteiger partial charge in [0, 0.05) is 12.8 Å². The quantitative estimate of drug-likeness (QED) is 0.521. The van der Waals surface area contributed by atoms with Crippen LogP contribution in [0.15, 0.2) is 54.6 Å². The molecular formula is C23H24FN3O5. The lowest BCUT2D eigenvalue weighted by Crippen LogP contribution is -2.63. The van der Waals surface area contributed by atoms with Crippen molar-refractivity contribution in [2.45, 2.75) is 37.4 Å². The molecule has 0 unspecified atom stereocenters. The van der Waals surface area contributed by atoms with E-state index in [4.69, 9.17) is 4.74 Å². The van der Waals surface area contributed by atoms with Crippen LogP contribution in [0.1, 0.15) is 17.5 Å². The highest BCUT2D eigenvalue weighted by Crippen LogP contribution is 2.10. The Kier molecular flexibility index (Phi) is 7.54. The molecule has 0 aliphatic carbocycles. The lowest BCUT2D eigenvalue weighted by molar-refractivity contribution is -0.145. The molecule has 3 N–H and O–H groups in total. The highest BCUT2D eigenvalue weighted by atomic mass is 19.1. The van der Waals surface area contributed by atoms with Gasteiger partial charge in [-0.05, 0) is 23.3 Å². The van der Waals surface area contributed by atoms with Gasteiger partial charge in [0.2, 0.25) is 17.7 Å². The number of methoxy groups -OCH3 is 1. The van der Waals surface area contributed by atoms with E-state index in [-0.39, 0.29) is 18.7 Å². The van der Waals surface area contributed by atoms with E-state index in [0.29, 0.717) is 12.0 Å². The highest BCUT2D eigenvalue weighted by molar-refractivity contribution is 5.99. The molecule has 1 heterocycles. The lowest BCUT2D eigenvalue weighted by atomic mass is 10.0. The number of hydrogen-bond donors (Lipinski definition) is 3. The van der Waals surface area contributed by atoms with Crippen molar-refractivity contribution < 1.29 is 28.3 Å². The summed E-state index contributed by atoms with van der Waals surface area (Å²) in [6.07, 6.45) is 0.0764. The van der Waals surface area contributed by atoms with Gasteiger partial charge in [-0.25, -0.2) is 9.18 Å². The Labute approximate surface area is 184 Å². The number of esters is 1. The number of carbonyl (C=O) groups is 4. The Morgan fingerprint density at radius 3 is 2.25 bits per heavy atom.